The predicted octanol–water partition coefficient (Wildman–Crippen LogP) is 2.61. The first kappa shape index (κ1) is 18.4. The van der Waals surface area contributed by atoms with Crippen LogP contribution in [-0.2, 0) is 0 Å². The number of likely N-dealkylation sites (N-methyl/N-ethyl adjacent to an activating group) is 1. The predicted molar refractivity (Wildman–Crippen MR) is 98.8 cm³/mol. The second-order valence-corrected chi connectivity index (χ2v) is 7.36. The SMILES string of the molecule is CCN1CCN(c2cc(C)c(N)c(OC(=O)NC(C)(C)C)c2)CC1. The molecule has 1 aliphatic heterocycles. The van der Waals surface area contributed by atoms with Gasteiger partial charge in [-0.25, -0.2) is 4.79 Å². The molecule has 1 saturated heterocycles. The molecular weight excluding hydrogens is 304 g/mol. The summed E-state index contributed by atoms with van der Waals surface area (Å²) >= 11 is 0. The Bertz CT molecular complexity index is 587. The van der Waals surface area contributed by atoms with Gasteiger partial charge in [0.15, 0.2) is 5.75 Å². The molecule has 134 valence electrons. The normalized spacial score (nSPS) is 16.1. The van der Waals surface area contributed by atoms with E-state index in [-0.39, 0.29) is 5.54 Å². The zero-order chi connectivity index (χ0) is 17.9. The van der Waals surface area contributed by atoms with Crippen molar-refractivity contribution in [3.8, 4) is 5.75 Å². The average molecular weight is 334 g/mol. The van der Waals surface area contributed by atoms with Gasteiger partial charge in [0.2, 0.25) is 0 Å². The minimum Gasteiger partial charge on any atom is -0.408 e. The third-order valence-electron chi connectivity index (χ3n) is 4.20. The Labute approximate surface area is 144 Å². The average Bonchev–Trinajstić information content (AvgIpc) is 2.50. The molecule has 1 aromatic carbocycles. The van der Waals surface area contributed by atoms with E-state index >= 15 is 0 Å². The lowest BCUT2D eigenvalue weighted by atomic mass is 10.1. The number of rotatable bonds is 3. The molecule has 1 heterocycles. The van der Waals surface area contributed by atoms with Crippen molar-refractivity contribution in [2.75, 3.05) is 43.4 Å². The molecule has 0 radical (unpaired) electrons. The summed E-state index contributed by atoms with van der Waals surface area (Å²) in [6.07, 6.45) is -0.485. The van der Waals surface area contributed by atoms with E-state index in [0.717, 1.165) is 44.0 Å². The highest BCUT2D eigenvalue weighted by molar-refractivity contribution is 5.76. The van der Waals surface area contributed by atoms with Crippen molar-refractivity contribution in [1.82, 2.24) is 10.2 Å². The number of nitrogens with zero attached hydrogens (tertiary/aromatic N) is 2. The lowest BCUT2D eigenvalue weighted by Gasteiger charge is -2.36. The molecule has 6 nitrogen and oxygen atoms in total. The smallest absolute Gasteiger partial charge is 0.408 e. The highest BCUT2D eigenvalue weighted by atomic mass is 16.6. The maximum atomic E-state index is 12.1. The van der Waals surface area contributed by atoms with Crippen LogP contribution in [0.25, 0.3) is 0 Å². The summed E-state index contributed by atoms with van der Waals surface area (Å²) in [6, 6.07) is 3.93. The van der Waals surface area contributed by atoms with E-state index in [0.29, 0.717) is 11.4 Å². The highest BCUT2D eigenvalue weighted by Gasteiger charge is 2.20. The van der Waals surface area contributed by atoms with Gasteiger partial charge in [-0.3, -0.25) is 0 Å². The molecule has 0 saturated carbocycles. The number of hydrogen-bond donors (Lipinski definition) is 2. The van der Waals surface area contributed by atoms with Gasteiger partial charge in [-0.2, -0.15) is 0 Å². The van der Waals surface area contributed by atoms with E-state index in [2.05, 4.69) is 28.1 Å². The van der Waals surface area contributed by atoms with Gasteiger partial charge in [0.25, 0.3) is 0 Å². The quantitative estimate of drug-likeness (QED) is 0.832. The monoisotopic (exact) mass is 334 g/mol. The van der Waals surface area contributed by atoms with Crippen LogP contribution in [0.5, 0.6) is 5.75 Å². The Morgan fingerprint density at radius 3 is 2.42 bits per heavy atom. The molecule has 0 aromatic heterocycles. The number of hydrogen-bond acceptors (Lipinski definition) is 5. The van der Waals surface area contributed by atoms with E-state index in [9.17, 15) is 4.79 Å². The minimum absolute atomic E-state index is 0.352. The van der Waals surface area contributed by atoms with E-state index in [1.165, 1.54) is 0 Å². The third kappa shape index (κ3) is 4.77. The fourth-order valence-corrected chi connectivity index (χ4v) is 2.77. The van der Waals surface area contributed by atoms with E-state index in [1.54, 1.807) is 0 Å². The first-order valence-corrected chi connectivity index (χ1v) is 8.57. The molecular formula is C18H30N4O2. The number of nitrogens with one attached hydrogen (secondary N) is 1. The molecule has 1 aromatic rings. The molecule has 0 atom stereocenters. The van der Waals surface area contributed by atoms with Gasteiger partial charge in [0, 0.05) is 43.5 Å². The first-order chi connectivity index (χ1) is 11.2. The van der Waals surface area contributed by atoms with Gasteiger partial charge in [-0.1, -0.05) is 6.92 Å². The number of nitrogen functional groups attached to an aromatic ring is 1. The summed E-state index contributed by atoms with van der Waals surface area (Å²) in [5.74, 6) is 0.421. The van der Waals surface area contributed by atoms with Gasteiger partial charge in [-0.05, 0) is 45.9 Å². The molecule has 24 heavy (non-hydrogen) atoms. The number of carbonyl (C=O) groups excluding carboxylic acids is 1. The summed E-state index contributed by atoms with van der Waals surface area (Å²) < 4.78 is 5.46. The molecule has 0 aliphatic carbocycles. The van der Waals surface area contributed by atoms with Crippen molar-refractivity contribution in [3.05, 3.63) is 17.7 Å². The minimum atomic E-state index is -0.485. The second-order valence-electron chi connectivity index (χ2n) is 7.36. The van der Waals surface area contributed by atoms with Gasteiger partial charge in [0.1, 0.15) is 0 Å². The Morgan fingerprint density at radius 1 is 1.25 bits per heavy atom. The maximum absolute atomic E-state index is 12.1. The summed E-state index contributed by atoms with van der Waals surface area (Å²) in [6.45, 7) is 14.9. The highest BCUT2D eigenvalue weighted by Crippen LogP contribution is 2.32. The van der Waals surface area contributed by atoms with Crippen LogP contribution in [0.15, 0.2) is 12.1 Å². The molecule has 2 rings (SSSR count). The van der Waals surface area contributed by atoms with Crippen molar-refractivity contribution in [1.29, 1.82) is 0 Å². The van der Waals surface area contributed by atoms with Gasteiger partial charge < -0.3 is 25.6 Å². The van der Waals surface area contributed by atoms with Crippen molar-refractivity contribution in [3.63, 3.8) is 0 Å². The van der Waals surface area contributed by atoms with Crippen LogP contribution in [-0.4, -0.2) is 49.3 Å². The third-order valence-corrected chi connectivity index (χ3v) is 4.20. The molecule has 6 heteroatoms. The van der Waals surface area contributed by atoms with Crippen LogP contribution in [0.2, 0.25) is 0 Å². The van der Waals surface area contributed by atoms with Gasteiger partial charge >= 0.3 is 6.09 Å². The number of carbonyl (C=O) groups is 1. The second kappa shape index (κ2) is 7.30. The number of nitrogens with two attached hydrogens (primary N) is 1. The Balaban J connectivity index is 2.15. The van der Waals surface area contributed by atoms with Crippen LogP contribution < -0.4 is 20.7 Å². The Kier molecular flexibility index (Phi) is 5.59. The number of amides is 1. The molecule has 3 N–H and O–H groups in total. The fraction of sp³-hybridized carbons (Fsp3) is 0.611. The van der Waals surface area contributed by atoms with Crippen LogP contribution in [0.4, 0.5) is 16.2 Å². The van der Waals surface area contributed by atoms with E-state index in [4.69, 9.17) is 10.5 Å². The number of aryl methyl sites for hydroxylation is 1. The summed E-state index contributed by atoms with van der Waals surface area (Å²) in [5.41, 5.74) is 8.23. The molecule has 0 spiro atoms. The zero-order valence-corrected chi connectivity index (χ0v) is 15.5. The van der Waals surface area contributed by atoms with E-state index in [1.807, 2.05) is 33.8 Å². The molecule has 1 fully saturated rings. The lowest BCUT2D eigenvalue weighted by Crippen LogP contribution is -2.46. The Morgan fingerprint density at radius 2 is 1.88 bits per heavy atom. The van der Waals surface area contributed by atoms with Crippen LogP contribution in [0.1, 0.15) is 33.3 Å². The van der Waals surface area contributed by atoms with Crippen molar-refractivity contribution in [2.24, 2.45) is 0 Å². The summed E-state index contributed by atoms with van der Waals surface area (Å²) in [4.78, 5) is 16.8. The summed E-state index contributed by atoms with van der Waals surface area (Å²) in [5, 5.41) is 2.79. The van der Waals surface area contributed by atoms with Crippen LogP contribution in [0, 0.1) is 6.92 Å². The Hall–Kier alpha value is -1.95. The largest absolute Gasteiger partial charge is 0.413 e. The van der Waals surface area contributed by atoms with E-state index < -0.39 is 6.09 Å². The summed E-state index contributed by atoms with van der Waals surface area (Å²) in [7, 11) is 0. The van der Waals surface area contributed by atoms with Crippen molar-refractivity contribution in [2.45, 2.75) is 40.2 Å². The number of benzene rings is 1. The molecule has 0 bridgehead atoms. The van der Waals surface area contributed by atoms with Gasteiger partial charge in [0.05, 0.1) is 5.69 Å². The zero-order valence-electron chi connectivity index (χ0n) is 15.5. The molecule has 1 amide bonds. The van der Waals surface area contributed by atoms with Gasteiger partial charge in [-0.15, -0.1) is 0 Å². The number of piperazine rings is 1. The first-order valence-electron chi connectivity index (χ1n) is 8.57. The standard InChI is InChI=1S/C18H30N4O2/c1-6-21-7-9-22(10-8-21)14-11-13(2)16(19)15(12-14)24-17(23)20-18(3,4)5/h11-12H,6-10,19H2,1-5H3,(H,20,23). The lowest BCUT2D eigenvalue weighted by molar-refractivity contribution is 0.191. The van der Waals surface area contributed by atoms with Crippen LogP contribution >= 0.6 is 0 Å². The topological polar surface area (TPSA) is 70.8 Å². The molecule has 1 aliphatic rings. The van der Waals surface area contributed by atoms with Crippen molar-refractivity contribution < 1.29 is 9.53 Å². The van der Waals surface area contributed by atoms with Crippen molar-refractivity contribution >= 4 is 17.5 Å². The number of anilines is 2. The fourth-order valence-electron chi connectivity index (χ4n) is 2.77. The number of ether oxygens (including phenoxy) is 1. The van der Waals surface area contributed by atoms with Crippen LogP contribution in [0.3, 0.4) is 0 Å². The maximum Gasteiger partial charge on any atom is 0.413 e. The molecule has 0 unspecified atom stereocenters.